The van der Waals surface area contributed by atoms with Crippen molar-refractivity contribution in [2.24, 2.45) is 10.8 Å². The van der Waals surface area contributed by atoms with E-state index in [1.54, 1.807) is 0 Å². The maximum atomic E-state index is 12.0. The maximum Gasteiger partial charge on any atom is 0.316 e. The molecule has 0 saturated heterocycles. The average Bonchev–Trinajstić information content (AvgIpc) is 1.56. The number of carbonyl (C=O) groups is 2. The first kappa shape index (κ1) is 71.1. The Labute approximate surface area is 551 Å². The molecule has 9 rings (SSSR count). The van der Waals surface area contributed by atoms with Crippen LogP contribution in [0, 0.1) is 10.8 Å². The van der Waals surface area contributed by atoms with Gasteiger partial charge in [0.05, 0.1) is 10.8 Å². The van der Waals surface area contributed by atoms with Crippen molar-refractivity contribution in [2.45, 2.75) is 192 Å². The molecule has 0 amide bonds. The van der Waals surface area contributed by atoms with Gasteiger partial charge in [-0.25, -0.2) is 0 Å². The van der Waals surface area contributed by atoms with Crippen molar-refractivity contribution in [3.05, 3.63) is 262 Å². The fourth-order valence-corrected chi connectivity index (χ4v) is 17.7. The lowest BCUT2D eigenvalue weighted by Crippen LogP contribution is -2.52. The van der Waals surface area contributed by atoms with Gasteiger partial charge in [-0.15, -0.1) is 0 Å². The molecule has 0 unspecified atom stereocenters. The highest BCUT2D eigenvalue weighted by Crippen LogP contribution is 2.56. The third kappa shape index (κ3) is 17.2. The van der Waals surface area contributed by atoms with Gasteiger partial charge in [0.2, 0.25) is 0 Å². The summed E-state index contributed by atoms with van der Waals surface area (Å²) < 4.78 is 10.9. The van der Waals surface area contributed by atoms with Gasteiger partial charge in [-0.2, -0.15) is 0 Å². The zero-order valence-corrected chi connectivity index (χ0v) is 61.8. The molecule has 4 nitrogen and oxygen atoms in total. The summed E-state index contributed by atoms with van der Waals surface area (Å²) >= 11 is 0. The summed E-state index contributed by atoms with van der Waals surface area (Å²) in [5.41, 5.74) is 15.2. The van der Waals surface area contributed by atoms with Gasteiger partial charge in [-0.05, 0) is 165 Å². The maximum absolute atomic E-state index is 12.0. The molecule has 0 radical (unpaired) electrons. The van der Waals surface area contributed by atoms with Gasteiger partial charge in [0, 0.05) is 5.41 Å². The van der Waals surface area contributed by atoms with Gasteiger partial charge in [0.1, 0.15) is 27.6 Å². The molecule has 478 valence electrons. The van der Waals surface area contributed by atoms with Crippen LogP contribution in [0.5, 0.6) is 11.5 Å². The molecule has 1 heterocycles. The van der Waals surface area contributed by atoms with Crippen molar-refractivity contribution in [2.75, 3.05) is 0 Å². The molecule has 0 bridgehead atoms. The van der Waals surface area contributed by atoms with Crippen molar-refractivity contribution in [1.82, 2.24) is 0 Å². The van der Waals surface area contributed by atoms with Crippen molar-refractivity contribution in [1.29, 1.82) is 0 Å². The summed E-state index contributed by atoms with van der Waals surface area (Å²) in [5.74, 6) is 0.553. The highest BCUT2D eigenvalue weighted by atomic mass is 28.3. The first-order chi connectivity index (χ1) is 42.0. The number of hydrogen-bond donors (Lipinski definition) is 0. The summed E-state index contributed by atoms with van der Waals surface area (Å²) in [7, 11) is -3.76. The number of allylic oxidation sites excluding steroid dienone is 2. The van der Waals surface area contributed by atoms with Crippen LogP contribution in [0.15, 0.2) is 206 Å². The second-order valence-corrected chi connectivity index (χ2v) is 41.4. The standard InChI is InChI=1S/C38H42Si.C25H32O4.C22H32Si/c1-37(2,3)31-23-19-29(20-24-31)35-33(27-15-11-9-12-16-27)34(28-17-13-10-14-18-28)36(39(35,7)8)30-21-25-32(26-22-30)38(4,5)6;1-23(2,3)21(26)28-19-13-9-17(10-14-19)25(7,8)18-11-15-20(16-12-18)29-22(27)24(4,5)6;1-21(2,3)17-9-13-19(14-10-17)23(7,8)20-15-11-18(12-16-20)22(4,5)6/h9-26H,1-8H3;9-16H,1-8H3;9-16H,1-8H3. The lowest BCUT2D eigenvalue weighted by Gasteiger charge is -2.28. The highest BCUT2D eigenvalue weighted by Gasteiger charge is 2.44. The number of hydrogen-bond acceptors (Lipinski definition) is 4. The Balaban J connectivity index is 0.000000202. The van der Waals surface area contributed by atoms with Gasteiger partial charge >= 0.3 is 11.9 Å². The van der Waals surface area contributed by atoms with Crippen LogP contribution >= 0.6 is 0 Å². The topological polar surface area (TPSA) is 52.6 Å². The van der Waals surface area contributed by atoms with Crippen LogP contribution < -0.4 is 19.8 Å². The van der Waals surface area contributed by atoms with Gasteiger partial charge in [-0.1, -0.05) is 315 Å². The Morgan fingerprint density at radius 1 is 0.308 bits per heavy atom. The van der Waals surface area contributed by atoms with Crippen LogP contribution in [0.3, 0.4) is 0 Å². The lowest BCUT2D eigenvalue weighted by atomic mass is 9.78. The van der Waals surface area contributed by atoms with Crippen molar-refractivity contribution < 1.29 is 19.1 Å². The highest BCUT2D eigenvalue weighted by molar-refractivity contribution is 7.13. The van der Waals surface area contributed by atoms with Crippen LogP contribution in [0.25, 0.3) is 21.5 Å². The van der Waals surface area contributed by atoms with Crippen LogP contribution in [0.1, 0.15) is 194 Å². The van der Waals surface area contributed by atoms with Crippen LogP contribution in [0.4, 0.5) is 0 Å². The van der Waals surface area contributed by atoms with E-state index >= 15 is 0 Å². The van der Waals surface area contributed by atoms with E-state index in [0.29, 0.717) is 11.5 Å². The number of rotatable bonds is 10. The molecule has 8 aromatic rings. The fraction of sp³-hybridized carbons (Fsp3) is 0.365. The van der Waals surface area contributed by atoms with E-state index in [9.17, 15) is 9.59 Å². The van der Waals surface area contributed by atoms with E-state index in [0.717, 1.165) is 11.1 Å². The first-order valence-electron chi connectivity index (χ1n) is 32.7. The molecule has 0 atom stereocenters. The van der Waals surface area contributed by atoms with E-state index < -0.39 is 27.0 Å². The summed E-state index contributed by atoms with van der Waals surface area (Å²) in [4.78, 5) is 24.1. The smallest absolute Gasteiger partial charge is 0.316 e. The summed E-state index contributed by atoms with van der Waals surface area (Å²) in [6, 6.07) is 74.8. The second kappa shape index (κ2) is 27.1. The van der Waals surface area contributed by atoms with E-state index in [-0.39, 0.29) is 39.0 Å². The molecule has 0 fully saturated rings. The predicted octanol–water partition coefficient (Wildman–Crippen LogP) is 21.6. The number of ether oxygens (including phenoxy) is 2. The Bertz CT molecular complexity index is 3570. The van der Waals surface area contributed by atoms with E-state index in [2.05, 4.69) is 281 Å². The Morgan fingerprint density at radius 2 is 0.549 bits per heavy atom. The second-order valence-electron chi connectivity index (χ2n) is 32.7. The fourth-order valence-electron chi connectivity index (χ4n) is 11.6. The lowest BCUT2D eigenvalue weighted by molar-refractivity contribution is -0.143. The molecule has 8 aromatic carbocycles. The van der Waals surface area contributed by atoms with E-state index in [1.165, 1.54) is 76.4 Å². The molecule has 6 heteroatoms. The Morgan fingerprint density at radius 3 is 0.791 bits per heavy atom. The van der Waals surface area contributed by atoms with Crippen LogP contribution in [-0.2, 0) is 36.7 Å². The molecule has 91 heavy (non-hydrogen) atoms. The quantitative estimate of drug-likeness (QED) is 0.0778. The zero-order chi connectivity index (χ0) is 67.5. The van der Waals surface area contributed by atoms with Crippen molar-refractivity contribution in [3.8, 4) is 11.5 Å². The average molecular weight is 1250 g/mol. The van der Waals surface area contributed by atoms with Crippen molar-refractivity contribution >= 4 is 60.0 Å². The Hall–Kier alpha value is -7.39. The minimum atomic E-state index is -2.14. The molecule has 0 aliphatic carbocycles. The zero-order valence-electron chi connectivity index (χ0n) is 59.8. The van der Waals surface area contributed by atoms with Crippen LogP contribution in [-0.4, -0.2) is 28.1 Å². The monoisotopic (exact) mass is 1250 g/mol. The molecular formula is C85H106O4Si2. The molecule has 1 aliphatic heterocycles. The van der Waals surface area contributed by atoms with Gasteiger partial charge < -0.3 is 9.47 Å². The largest absolute Gasteiger partial charge is 0.426 e. The van der Waals surface area contributed by atoms with Gasteiger partial charge in [0.15, 0.2) is 0 Å². The molecular weight excluding hydrogens is 1140 g/mol. The molecule has 0 saturated carbocycles. The van der Waals surface area contributed by atoms with E-state index in [4.69, 9.17) is 9.47 Å². The SMILES string of the molecule is CC(C)(C)C(=O)Oc1ccc(C(C)(C)c2ccc(OC(=O)C(C)(C)C)cc2)cc1.CC(C)(C)c1ccc(C2=C(c3ccccc3)C(c3ccccc3)=C(c3ccc(C(C)(C)C)cc3)[Si]2(C)C)cc1.CC(C)(C)c1ccc([Si](C)(C)c2ccc(C(C)(C)C)cc2)cc1. The normalized spacial score (nSPS) is 14.0. The number of carbonyl (C=O) groups excluding carboxylic acids is 2. The minimum Gasteiger partial charge on any atom is -0.426 e. The molecule has 1 aliphatic rings. The molecule has 0 N–H and O–H groups in total. The third-order valence-corrected chi connectivity index (χ3v) is 25.1. The first-order valence-corrected chi connectivity index (χ1v) is 38.7. The molecule has 0 aromatic heterocycles. The Kier molecular flexibility index (Phi) is 21.1. The van der Waals surface area contributed by atoms with E-state index in [1.807, 2.05) is 90.1 Å². The minimum absolute atomic E-state index is 0.130. The van der Waals surface area contributed by atoms with Crippen molar-refractivity contribution in [3.63, 3.8) is 0 Å². The summed E-state index contributed by atoms with van der Waals surface area (Å²) in [6.07, 6.45) is 0. The summed E-state index contributed by atoms with van der Waals surface area (Å²) in [6.45, 7) is 52.6. The third-order valence-electron chi connectivity index (χ3n) is 17.9. The number of esters is 2. The number of benzene rings is 8. The molecule has 0 spiro atoms. The van der Waals surface area contributed by atoms with Gasteiger partial charge in [-0.3, -0.25) is 9.59 Å². The summed E-state index contributed by atoms with van der Waals surface area (Å²) in [5, 5.41) is 6.08. The van der Waals surface area contributed by atoms with Crippen LogP contribution in [0.2, 0.25) is 26.2 Å². The predicted molar refractivity (Wildman–Crippen MR) is 397 cm³/mol. The van der Waals surface area contributed by atoms with Gasteiger partial charge in [0.25, 0.3) is 0 Å².